The third-order valence-electron chi connectivity index (χ3n) is 3.28. The number of pyridine rings is 1. The molecule has 0 saturated heterocycles. The van der Waals surface area contributed by atoms with Crippen LogP contribution >= 0.6 is 11.6 Å². The van der Waals surface area contributed by atoms with Gasteiger partial charge >= 0.3 is 0 Å². The first-order valence-electron chi connectivity index (χ1n) is 6.62. The Hall–Kier alpha value is -2.07. The Balaban J connectivity index is 2.51. The average Bonchev–Trinajstić information content (AvgIpc) is 2.49. The Kier molecular flexibility index (Phi) is 4.81. The number of halogens is 1. The number of carbonyl (C=O) groups is 1. The summed E-state index contributed by atoms with van der Waals surface area (Å²) in [5.41, 5.74) is 1.95. The highest BCUT2D eigenvalue weighted by Gasteiger charge is 2.11. The van der Waals surface area contributed by atoms with Crippen LogP contribution in [-0.4, -0.2) is 16.9 Å². The Morgan fingerprint density at radius 2 is 1.86 bits per heavy atom. The second-order valence-electron chi connectivity index (χ2n) is 4.55. The van der Waals surface area contributed by atoms with Crippen LogP contribution in [0.4, 0.5) is 0 Å². The van der Waals surface area contributed by atoms with Gasteiger partial charge in [-0.05, 0) is 54.4 Å². The number of benzene rings is 1. The zero-order valence-electron chi connectivity index (χ0n) is 11.9. The van der Waals surface area contributed by atoms with E-state index in [0.29, 0.717) is 12.1 Å². The lowest BCUT2D eigenvalue weighted by Crippen LogP contribution is -2.25. The predicted octanol–water partition coefficient (Wildman–Crippen LogP) is 2.85. The number of ether oxygens (including phenoxy) is 1. The first-order valence-corrected chi connectivity index (χ1v) is 7.00. The monoisotopic (exact) mass is 305 g/mol. The topological polar surface area (TPSA) is 48.3 Å². The van der Waals surface area contributed by atoms with E-state index in [4.69, 9.17) is 16.3 Å². The van der Waals surface area contributed by atoms with Crippen molar-refractivity contribution >= 4 is 16.8 Å². The van der Waals surface area contributed by atoms with Gasteiger partial charge in [0, 0.05) is 12.1 Å². The zero-order chi connectivity index (χ0) is 15.4. The highest BCUT2D eigenvalue weighted by Crippen LogP contribution is 2.22. The minimum atomic E-state index is -0.535. The molecule has 0 amide bonds. The van der Waals surface area contributed by atoms with E-state index in [0.717, 1.165) is 17.0 Å². The standard InChI is InChI=1S/C16H16ClNO3/c1-3-18-14(11-4-7-13(21-2)8-5-11)9-6-12(16(18)20)10-15(17)19/h4-9H,3,10H2,1-2H3. The van der Waals surface area contributed by atoms with Gasteiger partial charge in [-0.2, -0.15) is 0 Å². The lowest BCUT2D eigenvalue weighted by Gasteiger charge is -2.13. The first kappa shape index (κ1) is 15.3. The van der Waals surface area contributed by atoms with Crippen molar-refractivity contribution in [2.45, 2.75) is 19.9 Å². The van der Waals surface area contributed by atoms with Crippen molar-refractivity contribution in [1.82, 2.24) is 4.57 Å². The van der Waals surface area contributed by atoms with Gasteiger partial charge in [0.15, 0.2) is 0 Å². The van der Waals surface area contributed by atoms with Crippen molar-refractivity contribution in [2.75, 3.05) is 7.11 Å². The zero-order valence-corrected chi connectivity index (χ0v) is 12.7. The fourth-order valence-electron chi connectivity index (χ4n) is 2.24. The number of aromatic nitrogens is 1. The van der Waals surface area contributed by atoms with E-state index in [1.165, 1.54) is 0 Å². The van der Waals surface area contributed by atoms with Gasteiger partial charge in [0.2, 0.25) is 5.24 Å². The van der Waals surface area contributed by atoms with Crippen LogP contribution in [0.5, 0.6) is 5.75 Å². The second-order valence-corrected chi connectivity index (χ2v) is 4.98. The summed E-state index contributed by atoms with van der Waals surface area (Å²) in [5, 5.41) is -0.535. The van der Waals surface area contributed by atoms with Crippen LogP contribution in [0.3, 0.4) is 0 Å². The first-order chi connectivity index (χ1) is 10.1. The number of nitrogens with zero attached hydrogens (tertiary/aromatic N) is 1. The minimum absolute atomic E-state index is 0.0523. The SMILES string of the molecule is CCn1c(-c2ccc(OC)cc2)ccc(CC(=O)Cl)c1=O. The summed E-state index contributed by atoms with van der Waals surface area (Å²) >= 11 is 5.37. The Morgan fingerprint density at radius 3 is 2.38 bits per heavy atom. The molecular formula is C16H16ClNO3. The van der Waals surface area contributed by atoms with Crippen molar-refractivity contribution in [3.63, 3.8) is 0 Å². The number of methoxy groups -OCH3 is 1. The summed E-state index contributed by atoms with van der Waals surface area (Å²) in [4.78, 5) is 23.4. The van der Waals surface area contributed by atoms with Gasteiger partial charge in [0.05, 0.1) is 19.2 Å². The number of hydrogen-bond acceptors (Lipinski definition) is 3. The van der Waals surface area contributed by atoms with E-state index in [2.05, 4.69) is 0 Å². The summed E-state index contributed by atoms with van der Waals surface area (Å²) < 4.78 is 6.76. The van der Waals surface area contributed by atoms with Crippen LogP contribution < -0.4 is 10.3 Å². The van der Waals surface area contributed by atoms with Crippen molar-refractivity contribution in [3.8, 4) is 17.0 Å². The summed E-state index contributed by atoms with van der Waals surface area (Å²) in [7, 11) is 1.61. The van der Waals surface area contributed by atoms with Crippen LogP contribution in [-0.2, 0) is 17.8 Å². The lowest BCUT2D eigenvalue weighted by atomic mass is 10.1. The Labute approximate surface area is 127 Å². The van der Waals surface area contributed by atoms with E-state index >= 15 is 0 Å². The Bertz CT molecular complexity index is 704. The van der Waals surface area contributed by atoms with Gasteiger partial charge in [-0.3, -0.25) is 9.59 Å². The van der Waals surface area contributed by atoms with E-state index in [1.54, 1.807) is 17.7 Å². The van der Waals surface area contributed by atoms with Crippen molar-refractivity contribution in [3.05, 3.63) is 52.3 Å². The fourth-order valence-corrected chi connectivity index (χ4v) is 2.38. The third-order valence-corrected chi connectivity index (χ3v) is 3.42. The Morgan fingerprint density at radius 1 is 1.19 bits per heavy atom. The molecule has 1 aromatic carbocycles. The maximum atomic E-state index is 12.4. The maximum absolute atomic E-state index is 12.4. The minimum Gasteiger partial charge on any atom is -0.497 e. The summed E-state index contributed by atoms with van der Waals surface area (Å²) in [6.07, 6.45) is -0.0523. The molecule has 110 valence electrons. The highest BCUT2D eigenvalue weighted by atomic mass is 35.5. The molecular weight excluding hydrogens is 290 g/mol. The molecule has 5 heteroatoms. The van der Waals surface area contributed by atoms with Crippen LogP contribution in [0.1, 0.15) is 12.5 Å². The van der Waals surface area contributed by atoms with Crippen LogP contribution in [0.25, 0.3) is 11.3 Å². The molecule has 1 heterocycles. The summed E-state index contributed by atoms with van der Waals surface area (Å²) in [6, 6.07) is 11.0. The average molecular weight is 306 g/mol. The fraction of sp³-hybridized carbons (Fsp3) is 0.250. The van der Waals surface area contributed by atoms with Gasteiger partial charge in [0.1, 0.15) is 5.75 Å². The lowest BCUT2D eigenvalue weighted by molar-refractivity contribution is -0.111. The van der Waals surface area contributed by atoms with Gasteiger partial charge < -0.3 is 9.30 Å². The summed E-state index contributed by atoms with van der Waals surface area (Å²) in [6.45, 7) is 2.41. The maximum Gasteiger partial charge on any atom is 0.254 e. The van der Waals surface area contributed by atoms with Crippen molar-refractivity contribution in [2.24, 2.45) is 0 Å². The van der Waals surface area contributed by atoms with Crippen LogP contribution in [0.2, 0.25) is 0 Å². The van der Waals surface area contributed by atoms with Crippen molar-refractivity contribution < 1.29 is 9.53 Å². The molecule has 0 N–H and O–H groups in total. The quantitative estimate of drug-likeness (QED) is 0.798. The molecule has 21 heavy (non-hydrogen) atoms. The predicted molar refractivity (Wildman–Crippen MR) is 82.9 cm³/mol. The van der Waals surface area contributed by atoms with E-state index in [1.807, 2.05) is 37.3 Å². The largest absolute Gasteiger partial charge is 0.497 e. The molecule has 0 radical (unpaired) electrons. The molecule has 2 aromatic rings. The number of carbonyl (C=O) groups excluding carboxylic acids is 1. The molecule has 0 unspecified atom stereocenters. The molecule has 0 aliphatic carbocycles. The van der Waals surface area contributed by atoms with Gasteiger partial charge in [-0.1, -0.05) is 6.07 Å². The molecule has 0 fully saturated rings. The van der Waals surface area contributed by atoms with E-state index < -0.39 is 5.24 Å². The molecule has 0 saturated carbocycles. The van der Waals surface area contributed by atoms with Crippen molar-refractivity contribution in [1.29, 1.82) is 0 Å². The molecule has 2 rings (SSSR count). The van der Waals surface area contributed by atoms with Gasteiger partial charge in [-0.25, -0.2) is 0 Å². The number of rotatable bonds is 5. The van der Waals surface area contributed by atoms with E-state index in [-0.39, 0.29) is 12.0 Å². The summed E-state index contributed by atoms with van der Waals surface area (Å²) in [5.74, 6) is 0.758. The molecule has 0 bridgehead atoms. The number of hydrogen-bond donors (Lipinski definition) is 0. The molecule has 0 atom stereocenters. The normalized spacial score (nSPS) is 10.4. The highest BCUT2D eigenvalue weighted by molar-refractivity contribution is 6.63. The molecule has 0 aliphatic rings. The smallest absolute Gasteiger partial charge is 0.254 e. The van der Waals surface area contributed by atoms with Gasteiger partial charge in [0.25, 0.3) is 5.56 Å². The second kappa shape index (κ2) is 6.59. The van der Waals surface area contributed by atoms with Crippen LogP contribution in [0.15, 0.2) is 41.2 Å². The van der Waals surface area contributed by atoms with Gasteiger partial charge in [-0.15, -0.1) is 0 Å². The molecule has 1 aromatic heterocycles. The van der Waals surface area contributed by atoms with E-state index in [9.17, 15) is 9.59 Å². The molecule has 0 aliphatic heterocycles. The molecule has 4 nitrogen and oxygen atoms in total. The molecule has 0 spiro atoms. The third kappa shape index (κ3) is 3.34. The van der Waals surface area contributed by atoms with Crippen LogP contribution in [0, 0.1) is 0 Å².